The molecular formula is C21H21N3O. The van der Waals surface area contributed by atoms with Crippen molar-refractivity contribution >= 4 is 16.5 Å². The van der Waals surface area contributed by atoms with Crippen molar-refractivity contribution in [3.8, 4) is 11.3 Å². The van der Waals surface area contributed by atoms with Gasteiger partial charge < -0.3 is 14.8 Å². The van der Waals surface area contributed by atoms with Crippen LogP contribution >= 0.6 is 0 Å². The lowest BCUT2D eigenvalue weighted by atomic mass is 10.0. The first kappa shape index (κ1) is 14.7. The van der Waals surface area contributed by atoms with Gasteiger partial charge in [0, 0.05) is 54.6 Å². The number of fused-ring (bicyclic) bond motifs is 5. The Bertz CT molecular complexity index is 1030. The van der Waals surface area contributed by atoms with Gasteiger partial charge in [0.15, 0.2) is 0 Å². The summed E-state index contributed by atoms with van der Waals surface area (Å²) >= 11 is 0. The molecule has 0 bridgehead atoms. The van der Waals surface area contributed by atoms with E-state index in [1.54, 1.807) is 0 Å². The van der Waals surface area contributed by atoms with E-state index in [0.717, 1.165) is 49.1 Å². The van der Waals surface area contributed by atoms with Gasteiger partial charge in [0.1, 0.15) is 0 Å². The predicted octanol–water partition coefficient (Wildman–Crippen LogP) is 2.85. The zero-order valence-corrected chi connectivity index (χ0v) is 14.4. The maximum absolute atomic E-state index is 12.8. The number of hydrogen-bond donors (Lipinski definition) is 1. The van der Waals surface area contributed by atoms with E-state index in [9.17, 15) is 4.79 Å². The van der Waals surface area contributed by atoms with Crippen molar-refractivity contribution in [1.29, 1.82) is 0 Å². The molecule has 0 amide bonds. The molecule has 2 aromatic carbocycles. The van der Waals surface area contributed by atoms with Crippen LogP contribution in [-0.4, -0.2) is 43.1 Å². The number of anilines is 1. The molecule has 25 heavy (non-hydrogen) atoms. The predicted molar refractivity (Wildman–Crippen MR) is 103 cm³/mol. The van der Waals surface area contributed by atoms with Gasteiger partial charge in [-0.05, 0) is 30.3 Å². The zero-order chi connectivity index (χ0) is 17.0. The number of rotatable bonds is 1. The minimum absolute atomic E-state index is 0.0152. The summed E-state index contributed by atoms with van der Waals surface area (Å²) in [5.41, 5.74) is 5.97. The molecule has 1 aliphatic heterocycles. The van der Waals surface area contributed by atoms with Gasteiger partial charge in [-0.15, -0.1) is 0 Å². The smallest absolute Gasteiger partial charge is 0.256 e. The maximum Gasteiger partial charge on any atom is 0.256 e. The Morgan fingerprint density at radius 2 is 1.76 bits per heavy atom. The lowest BCUT2D eigenvalue weighted by Crippen LogP contribution is -2.44. The molecule has 0 spiro atoms. The normalized spacial score (nSPS) is 16.9. The van der Waals surface area contributed by atoms with Crippen molar-refractivity contribution in [2.24, 2.45) is 0 Å². The summed E-state index contributed by atoms with van der Waals surface area (Å²) < 4.78 is 0. The van der Waals surface area contributed by atoms with Gasteiger partial charge in [0.2, 0.25) is 0 Å². The van der Waals surface area contributed by atoms with Gasteiger partial charge in [0.25, 0.3) is 5.56 Å². The van der Waals surface area contributed by atoms with Crippen LogP contribution in [0, 0.1) is 0 Å². The van der Waals surface area contributed by atoms with Crippen LogP contribution in [0.1, 0.15) is 11.1 Å². The quantitative estimate of drug-likeness (QED) is 0.583. The lowest BCUT2D eigenvalue weighted by molar-refractivity contribution is 0.313. The number of hydrogen-bond acceptors (Lipinski definition) is 3. The summed E-state index contributed by atoms with van der Waals surface area (Å²) in [6.45, 7) is 4.12. The fraction of sp³-hybridized carbons (Fsp3) is 0.286. The summed E-state index contributed by atoms with van der Waals surface area (Å²) in [5, 5.41) is 1.95. The molecule has 2 aliphatic rings. The van der Waals surface area contributed by atoms with E-state index in [4.69, 9.17) is 0 Å². The highest BCUT2D eigenvalue weighted by Crippen LogP contribution is 2.40. The number of nitrogens with one attached hydrogen (secondary N) is 1. The number of H-pyrrole nitrogens is 1. The summed E-state index contributed by atoms with van der Waals surface area (Å²) in [6, 6.07) is 14.5. The monoisotopic (exact) mass is 331 g/mol. The highest BCUT2D eigenvalue weighted by Gasteiger charge is 2.25. The summed E-state index contributed by atoms with van der Waals surface area (Å²) in [6.07, 6.45) is 0.892. The molecule has 0 radical (unpaired) electrons. The van der Waals surface area contributed by atoms with E-state index in [-0.39, 0.29) is 5.56 Å². The SMILES string of the molecule is CN1CCN(c2cccc3c(=O)[nH]c4c(c23)Cc2ccccc2-4)CC1. The van der Waals surface area contributed by atoms with Crippen LogP contribution < -0.4 is 10.5 Å². The number of likely N-dealkylation sites (N-methyl/N-ethyl adjacent to an activating group) is 1. The Hall–Kier alpha value is -2.59. The van der Waals surface area contributed by atoms with Crippen molar-refractivity contribution < 1.29 is 0 Å². The van der Waals surface area contributed by atoms with Crippen molar-refractivity contribution in [2.45, 2.75) is 6.42 Å². The molecule has 4 nitrogen and oxygen atoms in total. The van der Waals surface area contributed by atoms with Crippen LogP contribution in [0.25, 0.3) is 22.0 Å². The number of pyridine rings is 1. The molecule has 1 aromatic heterocycles. The molecule has 5 rings (SSSR count). The van der Waals surface area contributed by atoms with Crippen molar-refractivity contribution in [3.63, 3.8) is 0 Å². The number of benzene rings is 2. The fourth-order valence-electron chi connectivity index (χ4n) is 4.25. The molecule has 0 unspecified atom stereocenters. The Kier molecular flexibility index (Phi) is 3.22. The van der Waals surface area contributed by atoms with E-state index in [1.165, 1.54) is 22.4 Å². The second-order valence-electron chi connectivity index (χ2n) is 7.13. The number of piperazine rings is 1. The second-order valence-corrected chi connectivity index (χ2v) is 7.13. The van der Waals surface area contributed by atoms with Crippen LogP contribution in [0.4, 0.5) is 5.69 Å². The Morgan fingerprint density at radius 1 is 0.960 bits per heavy atom. The standard InChI is InChI=1S/C21H21N3O/c1-23-9-11-24(12-10-23)18-8-4-7-16-19(18)17-13-14-5-2-3-6-15(14)20(17)22-21(16)25/h2-8H,9-13H2,1H3,(H,22,25). The number of aromatic amines is 1. The Balaban J connectivity index is 1.76. The van der Waals surface area contributed by atoms with E-state index < -0.39 is 0 Å². The summed E-state index contributed by atoms with van der Waals surface area (Å²) in [5.74, 6) is 0. The molecule has 126 valence electrons. The fourth-order valence-corrected chi connectivity index (χ4v) is 4.25. The number of nitrogens with zero attached hydrogens (tertiary/aromatic N) is 2. The minimum atomic E-state index is 0.0152. The van der Waals surface area contributed by atoms with Crippen LogP contribution in [0.3, 0.4) is 0 Å². The third-order valence-corrected chi connectivity index (χ3v) is 5.63. The summed E-state index contributed by atoms with van der Waals surface area (Å²) in [7, 11) is 2.17. The minimum Gasteiger partial charge on any atom is -0.368 e. The first-order valence-corrected chi connectivity index (χ1v) is 8.92. The molecule has 3 aromatic rings. The van der Waals surface area contributed by atoms with E-state index in [2.05, 4.69) is 46.1 Å². The van der Waals surface area contributed by atoms with E-state index >= 15 is 0 Å². The summed E-state index contributed by atoms with van der Waals surface area (Å²) in [4.78, 5) is 20.7. The van der Waals surface area contributed by atoms with Crippen molar-refractivity contribution in [3.05, 3.63) is 63.9 Å². The van der Waals surface area contributed by atoms with E-state index in [1.807, 2.05) is 18.2 Å². The van der Waals surface area contributed by atoms with Gasteiger partial charge in [-0.2, -0.15) is 0 Å². The van der Waals surface area contributed by atoms with Gasteiger partial charge in [-0.3, -0.25) is 4.79 Å². The van der Waals surface area contributed by atoms with Crippen molar-refractivity contribution in [1.82, 2.24) is 9.88 Å². The lowest BCUT2D eigenvalue weighted by Gasteiger charge is -2.35. The average Bonchev–Trinajstić information content (AvgIpc) is 3.01. The molecule has 0 saturated carbocycles. The molecule has 0 atom stereocenters. The molecule has 2 heterocycles. The van der Waals surface area contributed by atoms with Gasteiger partial charge in [-0.1, -0.05) is 30.3 Å². The highest BCUT2D eigenvalue weighted by molar-refractivity contribution is 6.01. The maximum atomic E-state index is 12.8. The van der Waals surface area contributed by atoms with Crippen LogP contribution in [0.15, 0.2) is 47.3 Å². The first-order valence-electron chi connectivity index (χ1n) is 8.92. The van der Waals surface area contributed by atoms with Gasteiger partial charge in [0.05, 0.1) is 5.69 Å². The van der Waals surface area contributed by atoms with Gasteiger partial charge in [-0.25, -0.2) is 0 Å². The zero-order valence-electron chi connectivity index (χ0n) is 14.4. The third-order valence-electron chi connectivity index (χ3n) is 5.63. The molecular weight excluding hydrogens is 310 g/mol. The molecule has 1 fully saturated rings. The first-order chi connectivity index (χ1) is 12.2. The molecule has 4 heteroatoms. The molecule has 1 N–H and O–H groups in total. The highest BCUT2D eigenvalue weighted by atomic mass is 16.1. The van der Waals surface area contributed by atoms with Crippen LogP contribution in [0.5, 0.6) is 0 Å². The topological polar surface area (TPSA) is 39.3 Å². The van der Waals surface area contributed by atoms with Crippen molar-refractivity contribution in [2.75, 3.05) is 38.1 Å². The Labute approximate surface area is 146 Å². The molecule has 1 saturated heterocycles. The van der Waals surface area contributed by atoms with Gasteiger partial charge >= 0.3 is 0 Å². The van der Waals surface area contributed by atoms with E-state index in [0.29, 0.717) is 0 Å². The third kappa shape index (κ3) is 2.21. The largest absolute Gasteiger partial charge is 0.368 e. The number of aromatic nitrogens is 1. The molecule has 1 aliphatic carbocycles. The average molecular weight is 331 g/mol. The van der Waals surface area contributed by atoms with Crippen LogP contribution in [-0.2, 0) is 6.42 Å². The van der Waals surface area contributed by atoms with Crippen LogP contribution in [0.2, 0.25) is 0 Å². The second kappa shape index (κ2) is 5.46. The Morgan fingerprint density at radius 3 is 2.60 bits per heavy atom.